The van der Waals surface area contributed by atoms with Crippen molar-refractivity contribution in [3.8, 4) is 0 Å². The Morgan fingerprint density at radius 3 is 2.62 bits per heavy atom. The van der Waals surface area contributed by atoms with E-state index in [4.69, 9.17) is 9.47 Å². The van der Waals surface area contributed by atoms with Crippen molar-refractivity contribution in [2.45, 2.75) is 58.0 Å². The number of hydrogen-bond donors (Lipinski definition) is 0. The SMILES string of the molecule is CCCCCCCCC=CC1COCCO1. The van der Waals surface area contributed by atoms with Crippen LogP contribution in [0, 0.1) is 0 Å². The molecule has 0 aromatic heterocycles. The molecule has 0 bridgehead atoms. The molecule has 2 heteroatoms. The van der Waals surface area contributed by atoms with E-state index in [1.165, 1.54) is 44.9 Å². The number of allylic oxidation sites excluding steroid dienone is 1. The second kappa shape index (κ2) is 9.86. The molecule has 2 nitrogen and oxygen atoms in total. The summed E-state index contributed by atoms with van der Waals surface area (Å²) >= 11 is 0. The van der Waals surface area contributed by atoms with E-state index in [0.29, 0.717) is 0 Å². The van der Waals surface area contributed by atoms with Crippen LogP contribution in [0.4, 0.5) is 0 Å². The van der Waals surface area contributed by atoms with Crippen LogP contribution in [-0.4, -0.2) is 25.9 Å². The highest BCUT2D eigenvalue weighted by molar-refractivity contribution is 4.90. The summed E-state index contributed by atoms with van der Waals surface area (Å²) < 4.78 is 10.9. The quantitative estimate of drug-likeness (QED) is 0.464. The van der Waals surface area contributed by atoms with E-state index in [1.807, 2.05) is 0 Å². The predicted molar refractivity (Wildman–Crippen MR) is 67.7 cm³/mol. The lowest BCUT2D eigenvalue weighted by Crippen LogP contribution is -2.26. The molecule has 1 aliphatic rings. The van der Waals surface area contributed by atoms with Crippen LogP contribution < -0.4 is 0 Å². The lowest BCUT2D eigenvalue weighted by Gasteiger charge is -2.19. The molecule has 0 aromatic rings. The van der Waals surface area contributed by atoms with Crippen LogP contribution in [0.5, 0.6) is 0 Å². The van der Waals surface area contributed by atoms with Crippen LogP contribution in [0.2, 0.25) is 0 Å². The first-order valence-electron chi connectivity index (χ1n) is 6.79. The van der Waals surface area contributed by atoms with Gasteiger partial charge in [0.05, 0.1) is 25.9 Å². The van der Waals surface area contributed by atoms with Gasteiger partial charge >= 0.3 is 0 Å². The van der Waals surface area contributed by atoms with Gasteiger partial charge in [0.15, 0.2) is 0 Å². The van der Waals surface area contributed by atoms with Crippen molar-refractivity contribution in [2.24, 2.45) is 0 Å². The molecule has 0 spiro atoms. The summed E-state index contributed by atoms with van der Waals surface area (Å²) in [6, 6.07) is 0. The number of ether oxygens (including phenoxy) is 2. The smallest absolute Gasteiger partial charge is 0.0990 e. The Labute approximate surface area is 100 Å². The predicted octanol–water partition coefficient (Wildman–Crippen LogP) is 3.71. The molecular formula is C14H26O2. The van der Waals surface area contributed by atoms with Gasteiger partial charge in [-0.15, -0.1) is 0 Å². The molecule has 1 rings (SSSR count). The topological polar surface area (TPSA) is 18.5 Å². The van der Waals surface area contributed by atoms with Gasteiger partial charge in [0.1, 0.15) is 0 Å². The maximum atomic E-state index is 5.53. The summed E-state index contributed by atoms with van der Waals surface area (Å²) in [4.78, 5) is 0. The molecule has 16 heavy (non-hydrogen) atoms. The Morgan fingerprint density at radius 2 is 1.88 bits per heavy atom. The molecule has 0 amide bonds. The van der Waals surface area contributed by atoms with Crippen molar-refractivity contribution < 1.29 is 9.47 Å². The Kier molecular flexibility index (Phi) is 8.45. The third-order valence-corrected chi connectivity index (χ3v) is 2.92. The third-order valence-electron chi connectivity index (χ3n) is 2.92. The van der Waals surface area contributed by atoms with Gasteiger partial charge < -0.3 is 9.47 Å². The van der Waals surface area contributed by atoms with Crippen molar-refractivity contribution in [2.75, 3.05) is 19.8 Å². The van der Waals surface area contributed by atoms with Crippen molar-refractivity contribution in [1.29, 1.82) is 0 Å². The molecule has 1 unspecified atom stereocenters. The first-order chi connectivity index (χ1) is 7.93. The number of hydrogen-bond acceptors (Lipinski definition) is 2. The Bertz CT molecular complexity index is 172. The van der Waals surface area contributed by atoms with Crippen LogP contribution >= 0.6 is 0 Å². The molecule has 0 N–H and O–H groups in total. The normalized spacial score (nSPS) is 21.7. The van der Waals surface area contributed by atoms with E-state index in [1.54, 1.807) is 0 Å². The fourth-order valence-corrected chi connectivity index (χ4v) is 1.91. The van der Waals surface area contributed by atoms with E-state index < -0.39 is 0 Å². The summed E-state index contributed by atoms with van der Waals surface area (Å²) in [6.07, 6.45) is 14.0. The van der Waals surface area contributed by atoms with Gasteiger partial charge in [0.2, 0.25) is 0 Å². The molecular weight excluding hydrogens is 200 g/mol. The van der Waals surface area contributed by atoms with Gasteiger partial charge in [-0.05, 0) is 12.8 Å². The summed E-state index contributed by atoms with van der Waals surface area (Å²) in [7, 11) is 0. The summed E-state index contributed by atoms with van der Waals surface area (Å²) in [5.41, 5.74) is 0. The minimum atomic E-state index is 0.203. The third kappa shape index (κ3) is 7.02. The zero-order chi connectivity index (χ0) is 11.5. The Hall–Kier alpha value is -0.340. The lowest BCUT2D eigenvalue weighted by molar-refractivity contribution is -0.0676. The molecule has 1 fully saturated rings. The van der Waals surface area contributed by atoms with Gasteiger partial charge in [-0.3, -0.25) is 0 Å². The maximum Gasteiger partial charge on any atom is 0.0990 e. The van der Waals surface area contributed by atoms with Crippen LogP contribution in [0.15, 0.2) is 12.2 Å². The van der Waals surface area contributed by atoms with Crippen molar-refractivity contribution in [3.63, 3.8) is 0 Å². The second-order valence-electron chi connectivity index (χ2n) is 4.47. The Balaban J connectivity index is 1.87. The van der Waals surface area contributed by atoms with Gasteiger partial charge in [-0.1, -0.05) is 51.2 Å². The minimum absolute atomic E-state index is 0.203. The summed E-state index contributed by atoms with van der Waals surface area (Å²) in [5.74, 6) is 0. The van der Waals surface area contributed by atoms with E-state index in [-0.39, 0.29) is 6.10 Å². The van der Waals surface area contributed by atoms with Crippen molar-refractivity contribution in [1.82, 2.24) is 0 Å². The molecule has 0 saturated carbocycles. The number of unbranched alkanes of at least 4 members (excludes halogenated alkanes) is 6. The van der Waals surface area contributed by atoms with Gasteiger partial charge in [0.25, 0.3) is 0 Å². The van der Waals surface area contributed by atoms with Crippen LogP contribution in [0.1, 0.15) is 51.9 Å². The standard InChI is InChI=1S/C14H26O2/c1-2-3-4-5-6-7-8-9-10-14-13-15-11-12-16-14/h9-10,14H,2-8,11-13H2,1H3. The fraction of sp³-hybridized carbons (Fsp3) is 0.857. The Morgan fingerprint density at radius 1 is 1.06 bits per heavy atom. The molecule has 1 aliphatic heterocycles. The monoisotopic (exact) mass is 226 g/mol. The molecule has 1 atom stereocenters. The zero-order valence-corrected chi connectivity index (χ0v) is 10.6. The summed E-state index contributed by atoms with van der Waals surface area (Å²) in [5, 5.41) is 0. The van der Waals surface area contributed by atoms with E-state index in [9.17, 15) is 0 Å². The first kappa shape index (κ1) is 13.7. The van der Waals surface area contributed by atoms with Crippen LogP contribution in [0.25, 0.3) is 0 Å². The van der Waals surface area contributed by atoms with Gasteiger partial charge in [-0.25, -0.2) is 0 Å². The first-order valence-corrected chi connectivity index (χ1v) is 6.79. The van der Waals surface area contributed by atoms with Crippen molar-refractivity contribution >= 4 is 0 Å². The van der Waals surface area contributed by atoms with Crippen LogP contribution in [0.3, 0.4) is 0 Å². The summed E-state index contributed by atoms with van der Waals surface area (Å²) in [6.45, 7) is 4.48. The zero-order valence-electron chi connectivity index (χ0n) is 10.6. The highest BCUT2D eigenvalue weighted by atomic mass is 16.6. The molecule has 0 aromatic carbocycles. The highest BCUT2D eigenvalue weighted by Gasteiger charge is 2.09. The van der Waals surface area contributed by atoms with Crippen LogP contribution in [-0.2, 0) is 9.47 Å². The van der Waals surface area contributed by atoms with E-state index in [0.717, 1.165) is 19.8 Å². The second-order valence-corrected chi connectivity index (χ2v) is 4.47. The minimum Gasteiger partial charge on any atom is -0.376 e. The molecule has 1 saturated heterocycles. The highest BCUT2D eigenvalue weighted by Crippen LogP contribution is 2.08. The van der Waals surface area contributed by atoms with E-state index >= 15 is 0 Å². The fourth-order valence-electron chi connectivity index (χ4n) is 1.91. The van der Waals surface area contributed by atoms with Gasteiger partial charge in [0, 0.05) is 0 Å². The molecule has 94 valence electrons. The molecule has 0 radical (unpaired) electrons. The van der Waals surface area contributed by atoms with E-state index in [2.05, 4.69) is 19.1 Å². The number of rotatable bonds is 8. The molecule has 1 heterocycles. The largest absolute Gasteiger partial charge is 0.376 e. The van der Waals surface area contributed by atoms with Crippen molar-refractivity contribution in [3.05, 3.63) is 12.2 Å². The van der Waals surface area contributed by atoms with Gasteiger partial charge in [-0.2, -0.15) is 0 Å². The lowest BCUT2D eigenvalue weighted by atomic mass is 10.1. The average molecular weight is 226 g/mol. The maximum absolute atomic E-state index is 5.53. The average Bonchev–Trinajstić information content (AvgIpc) is 2.34. The molecule has 0 aliphatic carbocycles.